The number of nitrogens with zero attached hydrogens (tertiary/aromatic N) is 1. The third-order valence-corrected chi connectivity index (χ3v) is 4.61. The molecule has 3 aromatic carbocycles. The van der Waals surface area contributed by atoms with E-state index in [9.17, 15) is 9.59 Å². The van der Waals surface area contributed by atoms with Gasteiger partial charge in [-0.15, -0.1) is 0 Å². The fourth-order valence-corrected chi connectivity index (χ4v) is 3.11. The molecule has 3 aromatic rings. The van der Waals surface area contributed by atoms with E-state index >= 15 is 0 Å². The lowest BCUT2D eigenvalue weighted by atomic mass is 10.1. The smallest absolute Gasteiger partial charge is 0.254 e. The molecule has 4 nitrogen and oxygen atoms in total. The Kier molecular flexibility index (Phi) is 5.87. The average Bonchev–Trinajstić information content (AvgIpc) is 2.71. The molecule has 0 aliphatic heterocycles. The Balaban J connectivity index is 1.82. The number of benzene rings is 3. The van der Waals surface area contributed by atoms with Gasteiger partial charge in [0.2, 0.25) is 5.91 Å². The van der Waals surface area contributed by atoms with Crippen molar-refractivity contribution in [2.45, 2.75) is 26.3 Å². The van der Waals surface area contributed by atoms with E-state index in [1.165, 1.54) is 0 Å². The minimum Gasteiger partial charge on any atom is -0.327 e. The third-order valence-electron chi connectivity index (χ3n) is 4.61. The molecule has 3 rings (SSSR count). The van der Waals surface area contributed by atoms with Gasteiger partial charge in [-0.2, -0.15) is 0 Å². The topological polar surface area (TPSA) is 49.4 Å². The van der Waals surface area contributed by atoms with Gasteiger partial charge in [-0.1, -0.05) is 55.5 Å². The Morgan fingerprint density at radius 2 is 1.59 bits per heavy atom. The van der Waals surface area contributed by atoms with Gasteiger partial charge in [0.25, 0.3) is 5.91 Å². The fourth-order valence-electron chi connectivity index (χ4n) is 3.11. The molecule has 0 saturated heterocycles. The second-order valence-electron chi connectivity index (χ2n) is 6.59. The van der Waals surface area contributed by atoms with Crippen LogP contribution in [0.15, 0.2) is 72.8 Å². The summed E-state index contributed by atoms with van der Waals surface area (Å²) in [6.07, 6.45) is 0.780. The minimum absolute atomic E-state index is 0.127. The maximum Gasteiger partial charge on any atom is 0.254 e. The van der Waals surface area contributed by atoms with E-state index in [-0.39, 0.29) is 11.8 Å². The van der Waals surface area contributed by atoms with Crippen LogP contribution in [0.4, 0.5) is 5.69 Å². The zero-order valence-electron chi connectivity index (χ0n) is 15.7. The van der Waals surface area contributed by atoms with Crippen molar-refractivity contribution in [3.05, 3.63) is 78.4 Å². The summed E-state index contributed by atoms with van der Waals surface area (Å²) in [4.78, 5) is 27.4. The van der Waals surface area contributed by atoms with E-state index in [1.54, 1.807) is 11.8 Å². The van der Waals surface area contributed by atoms with Crippen molar-refractivity contribution >= 4 is 28.3 Å². The first-order chi connectivity index (χ1) is 13.1. The summed E-state index contributed by atoms with van der Waals surface area (Å²) in [6, 6.07) is 22.3. The molecule has 0 unspecified atom stereocenters. The lowest BCUT2D eigenvalue weighted by Gasteiger charge is -2.28. The first-order valence-corrected chi connectivity index (χ1v) is 9.26. The number of nitrogens with one attached hydrogen (secondary N) is 1. The van der Waals surface area contributed by atoms with E-state index in [2.05, 4.69) is 5.32 Å². The number of carbonyl (C=O) groups is 2. The van der Waals surface area contributed by atoms with Crippen LogP contribution in [0.5, 0.6) is 0 Å². The van der Waals surface area contributed by atoms with Crippen LogP contribution in [-0.2, 0) is 4.79 Å². The number of fused-ring (bicyclic) bond motifs is 1. The standard InChI is InChI=1S/C23H24N2O2/c1-3-15-25(17(2)22(26)24-21-11-5-4-6-12-21)23(27)20-14-13-18-9-7-8-10-19(18)16-20/h4-14,16-17H,3,15H2,1-2H3,(H,24,26)/t17-/m0/s1. The molecule has 0 spiro atoms. The van der Waals surface area contributed by atoms with Gasteiger partial charge in [-0.05, 0) is 48.4 Å². The molecule has 27 heavy (non-hydrogen) atoms. The van der Waals surface area contributed by atoms with Gasteiger partial charge >= 0.3 is 0 Å². The summed E-state index contributed by atoms with van der Waals surface area (Å²) < 4.78 is 0. The van der Waals surface area contributed by atoms with Crippen LogP contribution < -0.4 is 5.32 Å². The summed E-state index contributed by atoms with van der Waals surface area (Å²) in [5.41, 5.74) is 1.32. The molecule has 1 atom stereocenters. The lowest BCUT2D eigenvalue weighted by Crippen LogP contribution is -2.46. The number of hydrogen-bond acceptors (Lipinski definition) is 2. The van der Waals surface area contributed by atoms with Crippen LogP contribution >= 0.6 is 0 Å². The molecular weight excluding hydrogens is 336 g/mol. The van der Waals surface area contributed by atoms with E-state index in [1.807, 2.05) is 79.7 Å². The SMILES string of the molecule is CCCN(C(=O)c1ccc2ccccc2c1)[C@@H](C)C(=O)Nc1ccccc1. The Morgan fingerprint density at radius 3 is 2.30 bits per heavy atom. The summed E-state index contributed by atoms with van der Waals surface area (Å²) in [5, 5.41) is 4.99. The zero-order valence-corrected chi connectivity index (χ0v) is 15.7. The predicted octanol–water partition coefficient (Wildman–Crippen LogP) is 4.72. The number of amides is 2. The average molecular weight is 360 g/mol. The highest BCUT2D eigenvalue weighted by Crippen LogP contribution is 2.18. The number of para-hydroxylation sites is 1. The van der Waals surface area contributed by atoms with Crippen LogP contribution in [0.1, 0.15) is 30.6 Å². The molecule has 4 heteroatoms. The Morgan fingerprint density at radius 1 is 0.926 bits per heavy atom. The Bertz CT molecular complexity index is 937. The summed E-state index contributed by atoms with van der Waals surface area (Å²) in [5.74, 6) is -0.317. The van der Waals surface area contributed by atoms with Gasteiger partial charge in [0.05, 0.1) is 0 Å². The van der Waals surface area contributed by atoms with E-state index < -0.39 is 6.04 Å². The predicted molar refractivity (Wildman–Crippen MR) is 110 cm³/mol. The maximum atomic E-state index is 13.1. The van der Waals surface area contributed by atoms with Crippen molar-refractivity contribution in [1.82, 2.24) is 4.90 Å². The highest BCUT2D eigenvalue weighted by molar-refractivity contribution is 6.02. The quantitative estimate of drug-likeness (QED) is 0.691. The molecule has 0 aliphatic carbocycles. The highest BCUT2D eigenvalue weighted by atomic mass is 16.2. The van der Waals surface area contributed by atoms with Crippen molar-refractivity contribution in [2.24, 2.45) is 0 Å². The zero-order chi connectivity index (χ0) is 19.2. The van der Waals surface area contributed by atoms with Crippen molar-refractivity contribution in [3.8, 4) is 0 Å². The number of anilines is 1. The van der Waals surface area contributed by atoms with Crippen LogP contribution in [0.2, 0.25) is 0 Å². The summed E-state index contributed by atoms with van der Waals surface area (Å²) >= 11 is 0. The van der Waals surface area contributed by atoms with E-state index in [4.69, 9.17) is 0 Å². The van der Waals surface area contributed by atoms with Gasteiger partial charge < -0.3 is 10.2 Å². The number of carbonyl (C=O) groups excluding carboxylic acids is 2. The number of rotatable bonds is 6. The maximum absolute atomic E-state index is 13.1. The van der Waals surface area contributed by atoms with Crippen molar-refractivity contribution < 1.29 is 9.59 Å². The first kappa shape index (κ1) is 18.6. The van der Waals surface area contributed by atoms with Gasteiger partial charge in [0.15, 0.2) is 0 Å². The third kappa shape index (κ3) is 4.34. The molecule has 2 amide bonds. The molecule has 0 saturated carbocycles. The molecule has 0 radical (unpaired) electrons. The molecule has 0 aliphatic rings. The summed E-state index contributed by atoms with van der Waals surface area (Å²) in [7, 11) is 0. The monoisotopic (exact) mass is 360 g/mol. The fraction of sp³-hybridized carbons (Fsp3) is 0.217. The molecular formula is C23H24N2O2. The normalized spacial score (nSPS) is 11.8. The Labute approximate surface area is 159 Å². The lowest BCUT2D eigenvalue weighted by molar-refractivity contribution is -0.120. The minimum atomic E-state index is -0.566. The van der Waals surface area contributed by atoms with Crippen LogP contribution in [-0.4, -0.2) is 29.3 Å². The first-order valence-electron chi connectivity index (χ1n) is 9.26. The molecule has 0 bridgehead atoms. The van der Waals surface area contributed by atoms with Crippen LogP contribution in [0.3, 0.4) is 0 Å². The molecule has 1 N–H and O–H groups in total. The van der Waals surface area contributed by atoms with E-state index in [0.717, 1.165) is 22.9 Å². The van der Waals surface area contributed by atoms with Gasteiger partial charge in [-0.25, -0.2) is 0 Å². The van der Waals surface area contributed by atoms with Gasteiger partial charge in [-0.3, -0.25) is 9.59 Å². The largest absolute Gasteiger partial charge is 0.327 e. The number of hydrogen-bond donors (Lipinski definition) is 1. The molecule has 0 fully saturated rings. The van der Waals surface area contributed by atoms with Gasteiger partial charge in [0, 0.05) is 17.8 Å². The van der Waals surface area contributed by atoms with Crippen molar-refractivity contribution in [3.63, 3.8) is 0 Å². The summed E-state index contributed by atoms with van der Waals surface area (Å²) in [6.45, 7) is 4.30. The molecule has 0 aromatic heterocycles. The van der Waals surface area contributed by atoms with Crippen molar-refractivity contribution in [1.29, 1.82) is 0 Å². The van der Waals surface area contributed by atoms with Crippen molar-refractivity contribution in [2.75, 3.05) is 11.9 Å². The van der Waals surface area contributed by atoms with Crippen LogP contribution in [0.25, 0.3) is 10.8 Å². The Hall–Kier alpha value is -3.14. The van der Waals surface area contributed by atoms with E-state index in [0.29, 0.717) is 12.1 Å². The second-order valence-corrected chi connectivity index (χ2v) is 6.59. The molecule has 0 heterocycles. The van der Waals surface area contributed by atoms with Gasteiger partial charge in [0.1, 0.15) is 6.04 Å². The molecule has 138 valence electrons. The van der Waals surface area contributed by atoms with Crippen LogP contribution in [0, 0.1) is 0 Å². The highest BCUT2D eigenvalue weighted by Gasteiger charge is 2.26. The second kappa shape index (κ2) is 8.49.